The number of hydrogen-bond donors (Lipinski definition) is 1. The number of nitrogens with one attached hydrogen (secondary N) is 1. The van der Waals surface area contributed by atoms with Crippen LogP contribution in [-0.4, -0.2) is 63.7 Å². The van der Waals surface area contributed by atoms with Crippen molar-refractivity contribution < 1.29 is 27.5 Å². The molecule has 202 valence electrons. The maximum atomic E-state index is 13.6. The Hall–Kier alpha value is -2.69. The number of benzene rings is 2. The number of fused-ring (bicyclic) bond motifs is 1. The molecule has 0 radical (unpaired) electrons. The lowest BCUT2D eigenvalue weighted by Gasteiger charge is -2.32. The monoisotopic (exact) mass is 571 g/mol. The summed E-state index contributed by atoms with van der Waals surface area (Å²) >= 11 is 12.2. The summed E-state index contributed by atoms with van der Waals surface area (Å²) in [5, 5.41) is 3.49. The van der Waals surface area contributed by atoms with E-state index in [4.69, 9.17) is 32.7 Å². The van der Waals surface area contributed by atoms with Crippen LogP contribution in [0.15, 0.2) is 36.4 Å². The van der Waals surface area contributed by atoms with E-state index in [2.05, 4.69) is 5.32 Å². The summed E-state index contributed by atoms with van der Waals surface area (Å²) in [5.74, 6) is 0.169. The predicted molar refractivity (Wildman–Crippen MR) is 144 cm³/mol. The van der Waals surface area contributed by atoms with Gasteiger partial charge in [0.1, 0.15) is 25.8 Å². The van der Waals surface area contributed by atoms with Crippen molar-refractivity contribution in [3.63, 3.8) is 0 Å². The van der Waals surface area contributed by atoms with Crippen molar-refractivity contribution >= 4 is 50.7 Å². The predicted octanol–water partition coefficient (Wildman–Crippen LogP) is 3.72. The molecule has 2 aromatic rings. The third kappa shape index (κ3) is 7.66. The lowest BCUT2D eigenvalue weighted by molar-refractivity contribution is -0.139. The zero-order chi connectivity index (χ0) is 27.3. The van der Waals surface area contributed by atoms with Crippen molar-refractivity contribution in [1.29, 1.82) is 0 Å². The van der Waals surface area contributed by atoms with Crippen molar-refractivity contribution in [2.75, 3.05) is 36.9 Å². The second-order valence-electron chi connectivity index (χ2n) is 9.18. The highest BCUT2D eigenvalue weighted by atomic mass is 35.5. The van der Waals surface area contributed by atoms with Crippen LogP contribution in [-0.2, 0) is 26.2 Å². The average Bonchev–Trinajstić information content (AvgIpc) is 2.84. The fourth-order valence-electron chi connectivity index (χ4n) is 3.67. The summed E-state index contributed by atoms with van der Waals surface area (Å²) in [6, 6.07) is 8.68. The van der Waals surface area contributed by atoms with Gasteiger partial charge >= 0.3 is 0 Å². The molecule has 0 bridgehead atoms. The molecule has 0 aliphatic carbocycles. The Bertz CT molecular complexity index is 1250. The molecule has 0 saturated carbocycles. The van der Waals surface area contributed by atoms with Crippen LogP contribution in [0.1, 0.15) is 26.3 Å². The minimum Gasteiger partial charge on any atom is -0.486 e. The first kappa shape index (κ1) is 28.9. The molecule has 9 nitrogen and oxygen atoms in total. The number of ether oxygens (including phenoxy) is 2. The van der Waals surface area contributed by atoms with Crippen molar-refractivity contribution in [3.8, 4) is 11.5 Å². The van der Waals surface area contributed by atoms with E-state index < -0.39 is 28.5 Å². The van der Waals surface area contributed by atoms with Crippen LogP contribution in [0.5, 0.6) is 11.5 Å². The summed E-state index contributed by atoms with van der Waals surface area (Å²) in [7, 11) is -3.88. The van der Waals surface area contributed by atoms with Crippen molar-refractivity contribution in [1.82, 2.24) is 10.2 Å². The minimum atomic E-state index is -3.88. The molecule has 3 rings (SSSR count). The number of sulfonamides is 1. The zero-order valence-corrected chi connectivity index (χ0v) is 23.5. The van der Waals surface area contributed by atoms with Gasteiger partial charge in [0.05, 0.1) is 22.0 Å². The van der Waals surface area contributed by atoms with Crippen LogP contribution in [0.25, 0.3) is 0 Å². The first-order valence-corrected chi connectivity index (χ1v) is 14.4. The Morgan fingerprint density at radius 3 is 2.30 bits per heavy atom. The Kier molecular flexibility index (Phi) is 9.55. The molecular weight excluding hydrogens is 541 g/mol. The second-order valence-corrected chi connectivity index (χ2v) is 11.9. The average molecular weight is 573 g/mol. The van der Waals surface area contributed by atoms with Crippen molar-refractivity contribution in [3.05, 3.63) is 52.0 Å². The Balaban J connectivity index is 1.92. The van der Waals surface area contributed by atoms with E-state index >= 15 is 0 Å². The van der Waals surface area contributed by atoms with Gasteiger partial charge in [0, 0.05) is 19.2 Å². The van der Waals surface area contributed by atoms with Crippen molar-refractivity contribution in [2.24, 2.45) is 5.92 Å². The number of amides is 2. The number of carbonyl (C=O) groups excluding carboxylic acids is 2. The van der Waals surface area contributed by atoms with Gasteiger partial charge in [-0.25, -0.2) is 8.42 Å². The first-order chi connectivity index (χ1) is 17.4. The van der Waals surface area contributed by atoms with Crippen LogP contribution in [0.4, 0.5) is 5.69 Å². The number of hydrogen-bond acceptors (Lipinski definition) is 6. The maximum absolute atomic E-state index is 13.6. The van der Waals surface area contributed by atoms with E-state index in [1.165, 1.54) is 11.0 Å². The van der Waals surface area contributed by atoms with Crippen LogP contribution < -0.4 is 19.1 Å². The van der Waals surface area contributed by atoms with Gasteiger partial charge in [-0.1, -0.05) is 43.1 Å². The van der Waals surface area contributed by atoms with Crippen LogP contribution in [0.3, 0.4) is 0 Å². The van der Waals surface area contributed by atoms with Gasteiger partial charge in [0.25, 0.3) is 0 Å². The fourth-order valence-corrected chi connectivity index (χ4v) is 4.83. The van der Waals surface area contributed by atoms with Crippen LogP contribution in [0, 0.1) is 5.92 Å². The molecule has 1 heterocycles. The molecule has 0 saturated heterocycles. The molecule has 37 heavy (non-hydrogen) atoms. The molecule has 0 fully saturated rings. The first-order valence-electron chi connectivity index (χ1n) is 11.7. The van der Waals surface area contributed by atoms with Crippen LogP contribution >= 0.6 is 23.2 Å². The summed E-state index contributed by atoms with van der Waals surface area (Å²) < 4.78 is 37.6. The molecule has 1 unspecified atom stereocenters. The fraction of sp³-hybridized carbons (Fsp3) is 0.440. The number of carbonyl (C=O) groups is 2. The molecular formula is C25H31Cl2N3O6S. The smallest absolute Gasteiger partial charge is 0.244 e. The van der Waals surface area contributed by atoms with E-state index in [0.717, 1.165) is 10.6 Å². The van der Waals surface area contributed by atoms with Crippen molar-refractivity contribution in [2.45, 2.75) is 33.4 Å². The molecule has 0 spiro atoms. The third-order valence-electron chi connectivity index (χ3n) is 5.68. The highest BCUT2D eigenvalue weighted by Crippen LogP contribution is 2.34. The van der Waals surface area contributed by atoms with Gasteiger partial charge in [-0.15, -0.1) is 0 Å². The van der Waals surface area contributed by atoms with Crippen LogP contribution in [0.2, 0.25) is 10.0 Å². The Morgan fingerprint density at radius 2 is 1.68 bits per heavy atom. The lowest BCUT2D eigenvalue weighted by atomic mass is 10.1. The molecule has 2 amide bonds. The molecule has 1 aliphatic rings. The van der Waals surface area contributed by atoms with E-state index in [-0.39, 0.29) is 24.1 Å². The standard InChI is InChI=1S/C25H31Cl2N3O6S/c1-16(2)13-28-25(32)17(3)29(14-18-5-7-20(26)21(27)11-18)24(31)15-30(37(4,33)34)19-6-8-22-23(12-19)36-10-9-35-22/h5-8,11-12,16-17H,9-10,13-15H2,1-4H3,(H,28,32). The Labute approximate surface area is 227 Å². The largest absolute Gasteiger partial charge is 0.486 e. The minimum absolute atomic E-state index is 0.0186. The van der Waals surface area contributed by atoms with Gasteiger partial charge in [-0.05, 0) is 42.7 Å². The zero-order valence-electron chi connectivity index (χ0n) is 21.2. The van der Waals surface area contributed by atoms with Gasteiger partial charge in [-0.3, -0.25) is 13.9 Å². The van der Waals surface area contributed by atoms with E-state index in [9.17, 15) is 18.0 Å². The molecule has 0 aromatic heterocycles. The summed E-state index contributed by atoms with van der Waals surface area (Å²) in [5.41, 5.74) is 0.878. The normalized spacial score (nSPS) is 13.7. The van der Waals surface area contributed by atoms with Gasteiger partial charge in [-0.2, -0.15) is 0 Å². The van der Waals surface area contributed by atoms with E-state index in [0.29, 0.717) is 46.9 Å². The molecule has 2 aromatic carbocycles. The third-order valence-corrected chi connectivity index (χ3v) is 7.56. The highest BCUT2D eigenvalue weighted by molar-refractivity contribution is 7.92. The Morgan fingerprint density at radius 1 is 1.00 bits per heavy atom. The van der Waals surface area contributed by atoms with Gasteiger partial charge in [0.2, 0.25) is 21.8 Å². The number of nitrogens with zero attached hydrogens (tertiary/aromatic N) is 2. The number of halogens is 2. The molecule has 1 atom stereocenters. The SMILES string of the molecule is CC(C)CNC(=O)C(C)N(Cc1ccc(Cl)c(Cl)c1)C(=O)CN(c1ccc2c(c1)OCCO2)S(C)(=O)=O. The second kappa shape index (κ2) is 12.2. The maximum Gasteiger partial charge on any atom is 0.244 e. The van der Waals surface area contributed by atoms with Gasteiger partial charge < -0.3 is 19.7 Å². The summed E-state index contributed by atoms with van der Waals surface area (Å²) in [6.45, 7) is 6.16. The summed E-state index contributed by atoms with van der Waals surface area (Å²) in [4.78, 5) is 27.9. The quantitative estimate of drug-likeness (QED) is 0.466. The summed E-state index contributed by atoms with van der Waals surface area (Å²) in [6.07, 6.45) is 1.01. The molecule has 1 N–H and O–H groups in total. The number of anilines is 1. The number of rotatable bonds is 10. The topological polar surface area (TPSA) is 105 Å². The molecule has 1 aliphatic heterocycles. The highest BCUT2D eigenvalue weighted by Gasteiger charge is 2.31. The van der Waals surface area contributed by atoms with Gasteiger partial charge in [0.15, 0.2) is 11.5 Å². The molecule has 12 heteroatoms. The van der Waals surface area contributed by atoms with E-state index in [1.54, 1.807) is 37.3 Å². The van der Waals surface area contributed by atoms with E-state index in [1.807, 2.05) is 13.8 Å². The lowest BCUT2D eigenvalue weighted by Crippen LogP contribution is -2.51.